The number of carboxylic acids is 2. The van der Waals surface area contributed by atoms with Crippen LogP contribution in [0.2, 0.25) is 0 Å². The van der Waals surface area contributed by atoms with Crippen LogP contribution in [0.25, 0.3) is 0 Å². The van der Waals surface area contributed by atoms with Crippen molar-refractivity contribution in [2.45, 2.75) is 132 Å². The summed E-state index contributed by atoms with van der Waals surface area (Å²) in [7, 11) is 0. The summed E-state index contributed by atoms with van der Waals surface area (Å²) in [5, 5.41) is 20.1. The van der Waals surface area contributed by atoms with Gasteiger partial charge in [0.1, 0.15) is 6.10 Å². The van der Waals surface area contributed by atoms with E-state index in [2.05, 4.69) is 48.1 Å². The molecule has 0 saturated heterocycles. The molecule has 5 saturated carbocycles. The maximum absolute atomic E-state index is 12.9. The zero-order valence-electron chi connectivity index (χ0n) is 27.5. The Morgan fingerprint density at radius 1 is 0.833 bits per heavy atom. The lowest BCUT2D eigenvalue weighted by molar-refractivity contribution is -0.250. The standard InChI is InChI=1S/C36H56O6/c1-21(2)22-12-17-36(30(40)41)19-18-34(8)23(28(22)36)10-11-25-33(7)15-14-26(42-27(37)20-31(3,4)29(38)39)32(5,6)24(33)13-16-35(25,34)9/h22-26,28H,1,10-20H2,2-9H3,(H,38,39)(H,40,41)/t22?,23-,24+,25-,26?,28+,33+,34-,35-,36?/m1/s1. The predicted molar refractivity (Wildman–Crippen MR) is 163 cm³/mol. The highest BCUT2D eigenvalue weighted by Crippen LogP contribution is 2.77. The maximum atomic E-state index is 12.9. The second kappa shape index (κ2) is 9.83. The summed E-state index contributed by atoms with van der Waals surface area (Å²) in [5.74, 6) is -0.165. The Hall–Kier alpha value is -1.85. The molecule has 0 radical (unpaired) electrons. The van der Waals surface area contributed by atoms with Gasteiger partial charge in [0.05, 0.1) is 17.3 Å². The molecule has 0 aromatic carbocycles. The Bertz CT molecular complexity index is 1170. The summed E-state index contributed by atoms with van der Waals surface area (Å²) in [4.78, 5) is 37.5. The number of carbonyl (C=O) groups is 3. The number of carbonyl (C=O) groups excluding carboxylic acids is 1. The van der Waals surface area contributed by atoms with E-state index in [0.717, 1.165) is 69.8 Å². The number of hydrogen-bond acceptors (Lipinski definition) is 4. The smallest absolute Gasteiger partial charge is 0.309 e. The second-order valence-corrected chi connectivity index (χ2v) is 17.4. The molecule has 3 unspecified atom stereocenters. The molecule has 6 heteroatoms. The molecule has 2 N–H and O–H groups in total. The van der Waals surface area contributed by atoms with Crippen molar-refractivity contribution in [2.75, 3.05) is 0 Å². The molecule has 5 aliphatic rings. The van der Waals surface area contributed by atoms with Gasteiger partial charge in [-0.1, -0.05) is 46.8 Å². The zero-order valence-corrected chi connectivity index (χ0v) is 27.5. The van der Waals surface area contributed by atoms with E-state index in [0.29, 0.717) is 23.7 Å². The average Bonchev–Trinajstić information content (AvgIpc) is 3.27. The van der Waals surface area contributed by atoms with Gasteiger partial charge in [-0.25, -0.2) is 0 Å². The van der Waals surface area contributed by atoms with Gasteiger partial charge in [-0.3, -0.25) is 14.4 Å². The number of aliphatic carboxylic acids is 2. The maximum Gasteiger partial charge on any atom is 0.309 e. The molecule has 0 aromatic heterocycles. The van der Waals surface area contributed by atoms with E-state index in [-0.39, 0.29) is 40.1 Å². The van der Waals surface area contributed by atoms with Gasteiger partial charge in [-0.2, -0.15) is 0 Å². The van der Waals surface area contributed by atoms with E-state index < -0.39 is 28.7 Å². The van der Waals surface area contributed by atoms with E-state index in [9.17, 15) is 24.6 Å². The number of carboxylic acid groups (broad SMARTS) is 2. The van der Waals surface area contributed by atoms with E-state index in [1.165, 1.54) is 0 Å². The van der Waals surface area contributed by atoms with Crippen molar-refractivity contribution >= 4 is 17.9 Å². The molecule has 42 heavy (non-hydrogen) atoms. The molecular weight excluding hydrogens is 528 g/mol. The van der Waals surface area contributed by atoms with Crippen LogP contribution < -0.4 is 0 Å². The molecule has 5 aliphatic carbocycles. The van der Waals surface area contributed by atoms with E-state index in [4.69, 9.17) is 4.74 Å². The molecular formula is C36H56O6. The third kappa shape index (κ3) is 4.19. The van der Waals surface area contributed by atoms with Crippen molar-refractivity contribution in [3.8, 4) is 0 Å². The first-order chi connectivity index (χ1) is 19.3. The molecule has 236 valence electrons. The van der Waals surface area contributed by atoms with Gasteiger partial charge in [0, 0.05) is 5.41 Å². The minimum Gasteiger partial charge on any atom is -0.481 e. The van der Waals surface area contributed by atoms with Gasteiger partial charge in [-0.15, -0.1) is 0 Å². The minimum absolute atomic E-state index is 0.0847. The van der Waals surface area contributed by atoms with Crippen LogP contribution in [0.5, 0.6) is 0 Å². The summed E-state index contributed by atoms with van der Waals surface area (Å²) in [6.07, 6.45) is 9.38. The summed E-state index contributed by atoms with van der Waals surface area (Å²) >= 11 is 0. The fourth-order valence-corrected chi connectivity index (χ4v) is 12.3. The van der Waals surface area contributed by atoms with Crippen molar-refractivity contribution in [3.63, 3.8) is 0 Å². The molecule has 0 aromatic rings. The average molecular weight is 585 g/mol. The number of allylic oxidation sites excluding steroid dienone is 1. The van der Waals surface area contributed by atoms with Crippen molar-refractivity contribution in [2.24, 2.45) is 62.1 Å². The van der Waals surface area contributed by atoms with Crippen molar-refractivity contribution in [3.05, 3.63) is 12.2 Å². The van der Waals surface area contributed by atoms with Crippen LogP contribution >= 0.6 is 0 Å². The zero-order chi connectivity index (χ0) is 31.3. The van der Waals surface area contributed by atoms with Gasteiger partial charge < -0.3 is 14.9 Å². The molecule has 0 bridgehead atoms. The Morgan fingerprint density at radius 3 is 2.10 bits per heavy atom. The minimum atomic E-state index is -1.15. The lowest BCUT2D eigenvalue weighted by Crippen LogP contribution is -2.67. The van der Waals surface area contributed by atoms with Crippen LogP contribution in [0.4, 0.5) is 0 Å². The fraction of sp³-hybridized carbons (Fsp3) is 0.861. The number of fused-ring (bicyclic) bond motifs is 7. The molecule has 0 heterocycles. The Kier molecular flexibility index (Phi) is 7.39. The van der Waals surface area contributed by atoms with E-state index in [1.807, 2.05) is 0 Å². The molecule has 0 amide bonds. The SMILES string of the molecule is C=C(C)C1CCC2(C(=O)O)CC[C@]3(C)[C@H](CC[C@@H]4[C@@]5(C)CCC(OC(=O)CC(C)(C)C(=O)O)C(C)(C)[C@@H]5CC[C@]43C)[C@H]12. The van der Waals surface area contributed by atoms with E-state index in [1.54, 1.807) is 13.8 Å². The molecule has 5 fully saturated rings. The lowest BCUT2D eigenvalue weighted by atomic mass is 9.32. The van der Waals surface area contributed by atoms with Gasteiger partial charge in [0.2, 0.25) is 0 Å². The van der Waals surface area contributed by atoms with Crippen LogP contribution in [-0.2, 0) is 19.1 Å². The highest BCUT2D eigenvalue weighted by molar-refractivity contribution is 5.81. The fourth-order valence-electron chi connectivity index (χ4n) is 12.3. The molecule has 0 spiro atoms. The first-order valence-corrected chi connectivity index (χ1v) is 16.6. The molecule has 6 nitrogen and oxygen atoms in total. The van der Waals surface area contributed by atoms with Crippen LogP contribution in [0, 0.1) is 62.1 Å². The summed E-state index contributed by atoms with van der Waals surface area (Å²) in [5.41, 5.74) is -0.477. The molecule has 5 rings (SSSR count). The lowest BCUT2D eigenvalue weighted by Gasteiger charge is -2.72. The van der Waals surface area contributed by atoms with Gasteiger partial charge in [0.15, 0.2) is 0 Å². The topological polar surface area (TPSA) is 101 Å². The number of rotatable bonds is 6. The quantitative estimate of drug-likeness (QED) is 0.241. The van der Waals surface area contributed by atoms with Crippen molar-refractivity contribution < 1.29 is 29.3 Å². The van der Waals surface area contributed by atoms with Gasteiger partial charge in [0.25, 0.3) is 0 Å². The highest BCUT2D eigenvalue weighted by atomic mass is 16.5. The summed E-state index contributed by atoms with van der Waals surface area (Å²) < 4.78 is 6.10. The first-order valence-electron chi connectivity index (χ1n) is 16.6. The van der Waals surface area contributed by atoms with Gasteiger partial charge >= 0.3 is 17.9 Å². The van der Waals surface area contributed by atoms with Crippen molar-refractivity contribution in [1.29, 1.82) is 0 Å². The van der Waals surface area contributed by atoms with Gasteiger partial charge in [-0.05, 0) is 131 Å². The van der Waals surface area contributed by atoms with Crippen LogP contribution in [-0.4, -0.2) is 34.2 Å². The van der Waals surface area contributed by atoms with Crippen molar-refractivity contribution in [1.82, 2.24) is 0 Å². The summed E-state index contributed by atoms with van der Waals surface area (Å²) in [6.45, 7) is 21.7. The monoisotopic (exact) mass is 584 g/mol. The predicted octanol–water partition coefficient (Wildman–Crippen LogP) is 8.14. The Labute approximate surface area is 253 Å². The van der Waals surface area contributed by atoms with Crippen LogP contribution in [0.15, 0.2) is 12.2 Å². The number of ether oxygens (including phenoxy) is 1. The Balaban J connectivity index is 1.42. The van der Waals surface area contributed by atoms with E-state index >= 15 is 0 Å². The first kappa shape index (κ1) is 31.6. The van der Waals surface area contributed by atoms with Crippen LogP contribution in [0.3, 0.4) is 0 Å². The third-order valence-corrected chi connectivity index (χ3v) is 14.9. The largest absolute Gasteiger partial charge is 0.481 e. The number of hydrogen-bond donors (Lipinski definition) is 2. The highest BCUT2D eigenvalue weighted by Gasteiger charge is 2.72. The summed E-state index contributed by atoms with van der Waals surface area (Å²) in [6, 6.07) is 0. The Morgan fingerprint density at radius 2 is 1.50 bits per heavy atom. The second-order valence-electron chi connectivity index (χ2n) is 17.4. The number of esters is 1. The van der Waals surface area contributed by atoms with Crippen LogP contribution in [0.1, 0.15) is 126 Å². The normalized spacial score (nSPS) is 45.9. The molecule has 0 aliphatic heterocycles. The third-order valence-electron chi connectivity index (χ3n) is 14.9. The molecule has 10 atom stereocenters.